The number of amides is 3. The molecule has 0 atom stereocenters. The van der Waals surface area contributed by atoms with Crippen LogP contribution in [-0.4, -0.2) is 25.0 Å². The Morgan fingerprint density at radius 1 is 0.857 bits per heavy atom. The fourth-order valence-electron chi connectivity index (χ4n) is 3.44. The van der Waals surface area contributed by atoms with E-state index in [0.29, 0.717) is 18.8 Å². The summed E-state index contributed by atoms with van der Waals surface area (Å²) >= 11 is 0. The minimum atomic E-state index is -0.397. The van der Waals surface area contributed by atoms with Crippen molar-refractivity contribution in [1.29, 1.82) is 0 Å². The third-order valence-corrected chi connectivity index (χ3v) is 4.83. The van der Waals surface area contributed by atoms with Crippen LogP contribution in [0.3, 0.4) is 0 Å². The lowest BCUT2D eigenvalue weighted by molar-refractivity contribution is -0.116. The topological polar surface area (TPSA) is 61.4 Å². The molecule has 1 aliphatic heterocycles. The average Bonchev–Trinajstić information content (AvgIpc) is 3.16. The molecule has 5 nitrogen and oxygen atoms in total. The molecule has 0 unspecified atom stereocenters. The molecule has 2 N–H and O–H groups in total. The van der Waals surface area contributed by atoms with E-state index >= 15 is 0 Å². The minimum Gasteiger partial charge on any atom is -0.336 e. The molecule has 0 bridgehead atoms. The first-order valence-corrected chi connectivity index (χ1v) is 9.28. The van der Waals surface area contributed by atoms with Gasteiger partial charge < -0.3 is 10.6 Å². The van der Waals surface area contributed by atoms with Gasteiger partial charge in [-0.2, -0.15) is 0 Å². The van der Waals surface area contributed by atoms with Crippen LogP contribution in [0.5, 0.6) is 0 Å². The van der Waals surface area contributed by atoms with Crippen molar-refractivity contribution in [2.45, 2.75) is 5.92 Å². The van der Waals surface area contributed by atoms with E-state index in [-0.39, 0.29) is 11.9 Å². The first-order chi connectivity index (χ1) is 13.7. The van der Waals surface area contributed by atoms with Gasteiger partial charge in [-0.25, -0.2) is 4.79 Å². The molecule has 1 heterocycles. The number of carbonyl (C=O) groups is 2. The summed E-state index contributed by atoms with van der Waals surface area (Å²) in [6, 6.07) is 26.7. The molecule has 3 amide bonds. The molecule has 0 aliphatic carbocycles. The Morgan fingerprint density at radius 2 is 1.43 bits per heavy atom. The molecule has 1 saturated heterocycles. The van der Waals surface area contributed by atoms with Gasteiger partial charge in [0.1, 0.15) is 0 Å². The number of urea groups is 1. The van der Waals surface area contributed by atoms with Crippen molar-refractivity contribution in [3.63, 3.8) is 0 Å². The Labute approximate surface area is 164 Å². The van der Waals surface area contributed by atoms with Crippen LogP contribution in [0.2, 0.25) is 0 Å². The summed E-state index contributed by atoms with van der Waals surface area (Å²) in [6.45, 7) is 1.29. The van der Waals surface area contributed by atoms with Crippen LogP contribution < -0.4 is 15.5 Å². The summed E-state index contributed by atoms with van der Waals surface area (Å²) in [5.41, 5.74) is 3.40. The molecule has 3 aromatic carbocycles. The monoisotopic (exact) mass is 371 g/mol. The average molecular weight is 371 g/mol. The molecule has 3 aromatic rings. The standard InChI is InChI=1S/C23H21N3O2/c27-22(21(17-7-3-1-4-8-17)18-9-5-2-6-10-18)25-19-11-13-20(14-12-19)26-16-15-24-23(26)28/h1-14,21H,15-16H2,(H,24,28)(H,25,27). The Hall–Kier alpha value is -3.60. The highest BCUT2D eigenvalue weighted by atomic mass is 16.2. The van der Waals surface area contributed by atoms with Crippen molar-refractivity contribution in [3.8, 4) is 0 Å². The molecule has 0 aromatic heterocycles. The highest BCUT2D eigenvalue weighted by Gasteiger charge is 2.23. The first kappa shape index (κ1) is 17.8. The van der Waals surface area contributed by atoms with E-state index in [2.05, 4.69) is 10.6 Å². The second-order valence-corrected chi connectivity index (χ2v) is 6.67. The number of hydrogen-bond donors (Lipinski definition) is 2. The second kappa shape index (κ2) is 7.96. The zero-order chi connectivity index (χ0) is 19.3. The fraction of sp³-hybridized carbons (Fsp3) is 0.130. The zero-order valence-electron chi connectivity index (χ0n) is 15.3. The van der Waals surface area contributed by atoms with Gasteiger partial charge in [0.2, 0.25) is 5.91 Å². The van der Waals surface area contributed by atoms with Gasteiger partial charge in [0, 0.05) is 24.5 Å². The van der Waals surface area contributed by atoms with Gasteiger partial charge in [0.25, 0.3) is 0 Å². The van der Waals surface area contributed by atoms with Crippen LogP contribution in [0.4, 0.5) is 16.2 Å². The minimum absolute atomic E-state index is 0.0926. The van der Waals surface area contributed by atoms with Crippen molar-refractivity contribution in [2.75, 3.05) is 23.3 Å². The highest BCUT2D eigenvalue weighted by Crippen LogP contribution is 2.27. The lowest BCUT2D eigenvalue weighted by Crippen LogP contribution is -2.27. The maximum absolute atomic E-state index is 13.1. The number of carbonyl (C=O) groups excluding carboxylic acids is 2. The van der Waals surface area contributed by atoms with Gasteiger partial charge in [-0.3, -0.25) is 9.69 Å². The normalized spacial score (nSPS) is 13.5. The molecular formula is C23H21N3O2. The first-order valence-electron chi connectivity index (χ1n) is 9.28. The maximum Gasteiger partial charge on any atom is 0.321 e. The predicted molar refractivity (Wildman–Crippen MR) is 111 cm³/mol. The lowest BCUT2D eigenvalue weighted by atomic mass is 9.90. The van der Waals surface area contributed by atoms with E-state index in [9.17, 15) is 9.59 Å². The van der Waals surface area contributed by atoms with Crippen LogP contribution >= 0.6 is 0 Å². The van der Waals surface area contributed by atoms with Gasteiger partial charge in [-0.1, -0.05) is 60.7 Å². The van der Waals surface area contributed by atoms with Crippen LogP contribution in [0.25, 0.3) is 0 Å². The third kappa shape index (κ3) is 3.74. The van der Waals surface area contributed by atoms with Gasteiger partial charge in [-0.15, -0.1) is 0 Å². The Bertz CT molecular complexity index is 917. The van der Waals surface area contributed by atoms with Gasteiger partial charge >= 0.3 is 6.03 Å². The van der Waals surface area contributed by atoms with E-state index < -0.39 is 5.92 Å². The number of benzene rings is 3. The fourth-order valence-corrected chi connectivity index (χ4v) is 3.44. The highest BCUT2D eigenvalue weighted by molar-refractivity contribution is 5.99. The zero-order valence-corrected chi connectivity index (χ0v) is 15.3. The van der Waals surface area contributed by atoms with E-state index in [1.807, 2.05) is 84.9 Å². The second-order valence-electron chi connectivity index (χ2n) is 6.67. The van der Waals surface area contributed by atoms with Crippen molar-refractivity contribution >= 4 is 23.3 Å². The summed E-state index contributed by atoms with van der Waals surface area (Å²) in [4.78, 5) is 26.6. The summed E-state index contributed by atoms with van der Waals surface area (Å²) < 4.78 is 0. The molecular weight excluding hydrogens is 350 g/mol. The maximum atomic E-state index is 13.1. The van der Waals surface area contributed by atoms with Crippen LogP contribution in [0, 0.1) is 0 Å². The van der Waals surface area contributed by atoms with Crippen LogP contribution in [0.15, 0.2) is 84.9 Å². The molecule has 1 fully saturated rings. The predicted octanol–water partition coefficient (Wildman–Crippen LogP) is 3.99. The van der Waals surface area contributed by atoms with E-state index in [0.717, 1.165) is 16.8 Å². The summed E-state index contributed by atoms with van der Waals surface area (Å²) in [6.07, 6.45) is 0. The number of hydrogen-bond acceptors (Lipinski definition) is 2. The summed E-state index contributed by atoms with van der Waals surface area (Å²) in [5.74, 6) is -0.490. The Kier molecular flexibility index (Phi) is 5.06. The summed E-state index contributed by atoms with van der Waals surface area (Å²) in [7, 11) is 0. The van der Waals surface area contributed by atoms with Gasteiger partial charge in [0.15, 0.2) is 0 Å². The molecule has 0 saturated carbocycles. The van der Waals surface area contributed by atoms with E-state index in [4.69, 9.17) is 0 Å². The van der Waals surface area contributed by atoms with Gasteiger partial charge in [0.05, 0.1) is 5.92 Å². The Balaban J connectivity index is 1.55. The van der Waals surface area contributed by atoms with Crippen molar-refractivity contribution in [2.24, 2.45) is 0 Å². The molecule has 0 radical (unpaired) electrons. The van der Waals surface area contributed by atoms with Crippen LogP contribution in [0.1, 0.15) is 17.0 Å². The number of nitrogens with zero attached hydrogens (tertiary/aromatic N) is 1. The molecule has 0 spiro atoms. The van der Waals surface area contributed by atoms with Crippen LogP contribution in [-0.2, 0) is 4.79 Å². The molecule has 1 aliphatic rings. The molecule has 140 valence electrons. The smallest absolute Gasteiger partial charge is 0.321 e. The van der Waals surface area contributed by atoms with Crippen molar-refractivity contribution < 1.29 is 9.59 Å². The molecule has 5 heteroatoms. The quantitative estimate of drug-likeness (QED) is 0.712. The van der Waals surface area contributed by atoms with Gasteiger partial charge in [-0.05, 0) is 35.4 Å². The van der Waals surface area contributed by atoms with E-state index in [1.165, 1.54) is 0 Å². The van der Waals surface area contributed by atoms with Crippen molar-refractivity contribution in [3.05, 3.63) is 96.1 Å². The van der Waals surface area contributed by atoms with E-state index in [1.54, 1.807) is 4.90 Å². The molecule has 4 rings (SSSR count). The molecule has 28 heavy (non-hydrogen) atoms. The lowest BCUT2D eigenvalue weighted by Gasteiger charge is -2.19. The number of anilines is 2. The SMILES string of the molecule is O=C(Nc1ccc(N2CCNC2=O)cc1)C(c1ccccc1)c1ccccc1. The number of rotatable bonds is 5. The largest absolute Gasteiger partial charge is 0.336 e. The Morgan fingerprint density at radius 3 is 1.93 bits per heavy atom. The summed E-state index contributed by atoms with van der Waals surface area (Å²) in [5, 5.41) is 5.79. The number of nitrogens with one attached hydrogen (secondary N) is 2. The third-order valence-electron chi connectivity index (χ3n) is 4.83. The van der Waals surface area contributed by atoms with Crippen molar-refractivity contribution in [1.82, 2.24) is 5.32 Å².